The van der Waals surface area contributed by atoms with Crippen LogP contribution in [0.5, 0.6) is 0 Å². The lowest BCUT2D eigenvalue weighted by Crippen LogP contribution is -1.81. The zero-order chi connectivity index (χ0) is 7.56. The normalized spacial score (nSPS) is 9.90. The Hall–Kier alpha value is -0.490. The third-order valence-corrected chi connectivity index (χ3v) is 2.05. The molecular formula is C9H10Cl. The average molecular weight is 154 g/mol. The molecule has 0 spiro atoms. The lowest BCUT2D eigenvalue weighted by molar-refractivity contribution is 1.37. The van der Waals surface area contributed by atoms with Crippen LogP contribution in [0.1, 0.15) is 18.1 Å². The molecule has 0 nitrogen and oxygen atoms in total. The fraction of sp³-hybridized carbons (Fsp3) is 0.222. The molecule has 0 N–H and O–H groups in total. The van der Waals surface area contributed by atoms with Crippen molar-refractivity contribution in [2.75, 3.05) is 0 Å². The Morgan fingerprint density at radius 1 is 1.40 bits per heavy atom. The second-order valence-corrected chi connectivity index (χ2v) is 2.64. The van der Waals surface area contributed by atoms with Gasteiger partial charge in [0.2, 0.25) is 0 Å². The first-order valence-electron chi connectivity index (χ1n) is 3.30. The first-order valence-corrected chi connectivity index (χ1v) is 3.68. The standard InChI is InChI=1S/C9H10Cl/c1-3-8-6-4-5-7(2)9(8)10/h3-6H,1-2H3. The molecule has 1 heteroatoms. The molecule has 1 aromatic carbocycles. The molecule has 0 aliphatic carbocycles. The predicted molar refractivity (Wildman–Crippen MR) is 45.3 cm³/mol. The van der Waals surface area contributed by atoms with Crippen molar-refractivity contribution in [3.05, 3.63) is 40.8 Å². The van der Waals surface area contributed by atoms with Crippen LogP contribution in [0.2, 0.25) is 5.02 Å². The molecule has 0 atom stereocenters. The number of benzene rings is 1. The summed E-state index contributed by atoms with van der Waals surface area (Å²) in [5.74, 6) is 0. The lowest BCUT2D eigenvalue weighted by atomic mass is 10.1. The van der Waals surface area contributed by atoms with E-state index in [4.69, 9.17) is 11.6 Å². The minimum atomic E-state index is 0.866. The monoisotopic (exact) mass is 153 g/mol. The zero-order valence-electron chi connectivity index (χ0n) is 6.19. The van der Waals surface area contributed by atoms with Crippen molar-refractivity contribution in [2.24, 2.45) is 0 Å². The summed E-state index contributed by atoms with van der Waals surface area (Å²) in [6.45, 7) is 4.00. The summed E-state index contributed by atoms with van der Waals surface area (Å²) in [5.41, 5.74) is 2.25. The van der Waals surface area contributed by atoms with Gasteiger partial charge >= 0.3 is 0 Å². The van der Waals surface area contributed by atoms with Gasteiger partial charge in [0.1, 0.15) is 0 Å². The van der Waals surface area contributed by atoms with E-state index in [0.29, 0.717) is 0 Å². The Labute approximate surface area is 66.8 Å². The molecule has 10 heavy (non-hydrogen) atoms. The van der Waals surface area contributed by atoms with E-state index in [0.717, 1.165) is 16.1 Å². The molecule has 0 saturated heterocycles. The van der Waals surface area contributed by atoms with Gasteiger partial charge in [-0.2, -0.15) is 0 Å². The Morgan fingerprint density at radius 2 is 2.10 bits per heavy atom. The van der Waals surface area contributed by atoms with Gasteiger partial charge in [0.05, 0.1) is 0 Å². The van der Waals surface area contributed by atoms with Gasteiger partial charge in [-0.05, 0) is 24.5 Å². The highest BCUT2D eigenvalue weighted by molar-refractivity contribution is 6.32. The van der Waals surface area contributed by atoms with Crippen LogP contribution in [0, 0.1) is 13.3 Å². The summed E-state index contributed by atoms with van der Waals surface area (Å²) in [6.07, 6.45) is 2.01. The topological polar surface area (TPSA) is 0 Å². The van der Waals surface area contributed by atoms with E-state index in [1.807, 2.05) is 38.5 Å². The number of aryl methyl sites for hydroxylation is 1. The Kier molecular flexibility index (Phi) is 2.34. The maximum absolute atomic E-state index is 5.96. The fourth-order valence-corrected chi connectivity index (χ4v) is 1.13. The molecule has 0 aromatic heterocycles. The number of hydrogen-bond acceptors (Lipinski definition) is 0. The van der Waals surface area contributed by atoms with E-state index >= 15 is 0 Å². The van der Waals surface area contributed by atoms with E-state index in [1.165, 1.54) is 0 Å². The van der Waals surface area contributed by atoms with E-state index in [1.54, 1.807) is 0 Å². The minimum absolute atomic E-state index is 0.866. The van der Waals surface area contributed by atoms with Crippen LogP contribution in [0.4, 0.5) is 0 Å². The smallest absolute Gasteiger partial charge is 0.0470 e. The molecule has 1 rings (SSSR count). The van der Waals surface area contributed by atoms with Gasteiger partial charge in [0.15, 0.2) is 0 Å². The van der Waals surface area contributed by atoms with Gasteiger partial charge < -0.3 is 0 Å². The van der Waals surface area contributed by atoms with Crippen molar-refractivity contribution in [1.82, 2.24) is 0 Å². The van der Waals surface area contributed by atoms with Gasteiger partial charge in [-0.25, -0.2) is 0 Å². The summed E-state index contributed by atoms with van der Waals surface area (Å²) < 4.78 is 0. The molecule has 1 radical (unpaired) electrons. The van der Waals surface area contributed by atoms with Crippen LogP contribution < -0.4 is 0 Å². The number of rotatable bonds is 1. The summed E-state index contributed by atoms with van der Waals surface area (Å²) in [4.78, 5) is 0. The van der Waals surface area contributed by atoms with Crippen molar-refractivity contribution < 1.29 is 0 Å². The Bertz CT molecular complexity index is 228. The average Bonchev–Trinajstić information content (AvgIpc) is 1.95. The first kappa shape index (κ1) is 7.62. The van der Waals surface area contributed by atoms with Crippen molar-refractivity contribution in [2.45, 2.75) is 13.8 Å². The maximum Gasteiger partial charge on any atom is 0.0470 e. The Balaban J connectivity index is 3.14. The van der Waals surface area contributed by atoms with E-state index in [-0.39, 0.29) is 0 Å². The summed E-state index contributed by atoms with van der Waals surface area (Å²) in [6, 6.07) is 6.03. The third kappa shape index (κ3) is 1.32. The van der Waals surface area contributed by atoms with Gasteiger partial charge in [0.25, 0.3) is 0 Å². The van der Waals surface area contributed by atoms with Crippen molar-refractivity contribution in [1.29, 1.82) is 0 Å². The van der Waals surface area contributed by atoms with Gasteiger partial charge in [-0.15, -0.1) is 0 Å². The minimum Gasteiger partial charge on any atom is -0.0837 e. The SMILES string of the molecule is C[CH]c1cccc(C)c1Cl. The zero-order valence-corrected chi connectivity index (χ0v) is 6.94. The fourth-order valence-electron chi connectivity index (χ4n) is 0.893. The quantitative estimate of drug-likeness (QED) is 0.581. The number of hydrogen-bond donors (Lipinski definition) is 0. The maximum atomic E-state index is 5.96. The second-order valence-electron chi connectivity index (χ2n) is 2.27. The molecule has 0 aliphatic rings. The summed E-state index contributed by atoms with van der Waals surface area (Å²) in [7, 11) is 0. The molecule has 1 aromatic rings. The van der Waals surface area contributed by atoms with Crippen LogP contribution >= 0.6 is 11.6 Å². The third-order valence-electron chi connectivity index (χ3n) is 1.53. The predicted octanol–water partition coefficient (Wildman–Crippen LogP) is 3.22. The van der Waals surface area contributed by atoms with Crippen LogP contribution in [-0.2, 0) is 0 Å². The van der Waals surface area contributed by atoms with Crippen molar-refractivity contribution in [3.63, 3.8) is 0 Å². The Morgan fingerprint density at radius 3 is 2.60 bits per heavy atom. The van der Waals surface area contributed by atoms with Gasteiger partial charge in [-0.1, -0.05) is 36.7 Å². The highest BCUT2D eigenvalue weighted by atomic mass is 35.5. The highest BCUT2D eigenvalue weighted by Crippen LogP contribution is 2.20. The van der Waals surface area contributed by atoms with Gasteiger partial charge in [0, 0.05) is 5.02 Å². The first-order chi connectivity index (χ1) is 4.75. The largest absolute Gasteiger partial charge is 0.0837 e. The van der Waals surface area contributed by atoms with Crippen LogP contribution in [-0.4, -0.2) is 0 Å². The van der Waals surface area contributed by atoms with Crippen molar-refractivity contribution >= 4 is 11.6 Å². The molecule has 0 amide bonds. The molecule has 53 valence electrons. The second kappa shape index (κ2) is 3.07. The van der Waals surface area contributed by atoms with Crippen LogP contribution in [0.25, 0.3) is 0 Å². The molecule has 0 saturated carbocycles. The molecule has 0 unspecified atom stereocenters. The molecule has 0 aliphatic heterocycles. The number of halogens is 1. The molecule has 0 fully saturated rings. The van der Waals surface area contributed by atoms with Gasteiger partial charge in [-0.3, -0.25) is 0 Å². The van der Waals surface area contributed by atoms with E-state index in [9.17, 15) is 0 Å². The molecule has 0 bridgehead atoms. The van der Waals surface area contributed by atoms with E-state index in [2.05, 4.69) is 0 Å². The van der Waals surface area contributed by atoms with Crippen LogP contribution in [0.3, 0.4) is 0 Å². The van der Waals surface area contributed by atoms with Crippen LogP contribution in [0.15, 0.2) is 18.2 Å². The lowest BCUT2D eigenvalue weighted by Gasteiger charge is -2.01. The molecular weight excluding hydrogens is 144 g/mol. The van der Waals surface area contributed by atoms with Crippen molar-refractivity contribution in [3.8, 4) is 0 Å². The van der Waals surface area contributed by atoms with E-state index < -0.39 is 0 Å². The summed E-state index contributed by atoms with van der Waals surface area (Å²) >= 11 is 5.96. The highest BCUT2D eigenvalue weighted by Gasteiger charge is 1.98. The molecule has 0 heterocycles. The summed E-state index contributed by atoms with van der Waals surface area (Å²) in [5, 5.41) is 0.866.